The van der Waals surface area contributed by atoms with Gasteiger partial charge in [0.2, 0.25) is 0 Å². The van der Waals surface area contributed by atoms with Crippen molar-refractivity contribution >= 4 is 0 Å². The van der Waals surface area contributed by atoms with Gasteiger partial charge in [-0.2, -0.15) is 0 Å². The highest BCUT2D eigenvalue weighted by Crippen LogP contribution is 2.26. The highest BCUT2D eigenvalue weighted by atomic mass is 16.5. The van der Waals surface area contributed by atoms with Gasteiger partial charge in [-0.3, -0.25) is 0 Å². The van der Waals surface area contributed by atoms with Gasteiger partial charge in [0, 0.05) is 0 Å². The zero-order chi connectivity index (χ0) is 13.8. The molecule has 0 radical (unpaired) electrons. The van der Waals surface area contributed by atoms with E-state index in [0.717, 1.165) is 22.6 Å². The third kappa shape index (κ3) is 2.81. The van der Waals surface area contributed by atoms with E-state index < -0.39 is 0 Å². The highest BCUT2D eigenvalue weighted by Gasteiger charge is 2.00. The Balaban J connectivity index is 1.79. The summed E-state index contributed by atoms with van der Waals surface area (Å²) < 4.78 is 5.75. The van der Waals surface area contributed by atoms with Crippen molar-refractivity contribution in [1.29, 1.82) is 0 Å². The number of phenols is 1. The molecule has 0 spiro atoms. The van der Waals surface area contributed by atoms with Crippen LogP contribution in [0.3, 0.4) is 0 Å². The molecule has 0 aliphatic rings. The van der Waals surface area contributed by atoms with E-state index in [4.69, 9.17) is 4.74 Å². The summed E-state index contributed by atoms with van der Waals surface area (Å²) in [5.41, 5.74) is 2.15. The van der Waals surface area contributed by atoms with Crippen LogP contribution in [0.5, 0.6) is 17.2 Å². The molecule has 1 N–H and O–H groups in total. The Morgan fingerprint density at radius 2 is 1.05 bits per heavy atom. The molecule has 0 aliphatic heterocycles. The summed E-state index contributed by atoms with van der Waals surface area (Å²) in [4.78, 5) is 0. The van der Waals surface area contributed by atoms with Gasteiger partial charge in [-0.15, -0.1) is 0 Å². The maximum Gasteiger partial charge on any atom is 0.127 e. The van der Waals surface area contributed by atoms with Gasteiger partial charge in [0.05, 0.1) is 0 Å². The molecular weight excluding hydrogens is 248 g/mol. The third-order valence-electron chi connectivity index (χ3n) is 3.03. The second-order valence-electron chi connectivity index (χ2n) is 4.49. The van der Waals surface area contributed by atoms with Crippen LogP contribution < -0.4 is 4.74 Å². The molecular formula is C18H14O2. The third-order valence-corrected chi connectivity index (χ3v) is 3.03. The molecule has 3 aromatic carbocycles. The smallest absolute Gasteiger partial charge is 0.127 e. The Morgan fingerprint density at radius 1 is 0.550 bits per heavy atom. The van der Waals surface area contributed by atoms with E-state index in [-0.39, 0.29) is 5.75 Å². The Hall–Kier alpha value is -2.74. The summed E-state index contributed by atoms with van der Waals surface area (Å²) in [7, 11) is 0. The number of rotatable bonds is 3. The molecule has 0 aromatic heterocycles. The van der Waals surface area contributed by atoms with Crippen LogP contribution in [0, 0.1) is 0 Å². The number of hydrogen-bond donors (Lipinski definition) is 1. The second-order valence-corrected chi connectivity index (χ2v) is 4.49. The van der Waals surface area contributed by atoms with Gasteiger partial charge in [-0.25, -0.2) is 0 Å². The molecule has 0 atom stereocenters. The maximum atomic E-state index is 9.29. The Bertz CT molecular complexity index is 671. The molecule has 0 aliphatic carbocycles. The fraction of sp³-hybridized carbons (Fsp3) is 0. The van der Waals surface area contributed by atoms with Crippen molar-refractivity contribution in [2.75, 3.05) is 0 Å². The molecule has 0 fully saturated rings. The van der Waals surface area contributed by atoms with E-state index in [1.54, 1.807) is 12.1 Å². The zero-order valence-corrected chi connectivity index (χ0v) is 10.9. The number of para-hydroxylation sites is 1. The van der Waals surface area contributed by atoms with Crippen LogP contribution in [0.2, 0.25) is 0 Å². The van der Waals surface area contributed by atoms with Crippen LogP contribution in [0.25, 0.3) is 11.1 Å². The SMILES string of the molecule is Oc1ccc(-c2ccc(Oc3ccccc3)cc2)cc1. The molecule has 0 heterocycles. The van der Waals surface area contributed by atoms with Crippen molar-refractivity contribution in [3.8, 4) is 28.4 Å². The van der Waals surface area contributed by atoms with Crippen molar-refractivity contribution in [2.24, 2.45) is 0 Å². The van der Waals surface area contributed by atoms with E-state index >= 15 is 0 Å². The van der Waals surface area contributed by atoms with E-state index in [0.29, 0.717) is 0 Å². The summed E-state index contributed by atoms with van der Waals surface area (Å²) in [6, 6.07) is 24.7. The van der Waals surface area contributed by atoms with Crippen molar-refractivity contribution in [3.05, 3.63) is 78.9 Å². The number of hydrogen-bond acceptors (Lipinski definition) is 2. The van der Waals surface area contributed by atoms with Crippen LogP contribution in [0.15, 0.2) is 78.9 Å². The molecule has 2 nitrogen and oxygen atoms in total. The lowest BCUT2D eigenvalue weighted by atomic mass is 10.1. The molecule has 20 heavy (non-hydrogen) atoms. The van der Waals surface area contributed by atoms with Crippen LogP contribution >= 0.6 is 0 Å². The summed E-state index contributed by atoms with van der Waals surface area (Å²) >= 11 is 0. The predicted octanol–water partition coefficient (Wildman–Crippen LogP) is 4.85. The van der Waals surface area contributed by atoms with Crippen molar-refractivity contribution in [1.82, 2.24) is 0 Å². The first kappa shape index (κ1) is 12.3. The topological polar surface area (TPSA) is 29.5 Å². The summed E-state index contributed by atoms with van der Waals surface area (Å²) in [5, 5.41) is 9.29. The lowest BCUT2D eigenvalue weighted by Gasteiger charge is -2.07. The molecule has 0 saturated carbocycles. The molecule has 0 unspecified atom stereocenters. The van der Waals surface area contributed by atoms with E-state index in [2.05, 4.69) is 0 Å². The van der Waals surface area contributed by atoms with Gasteiger partial charge in [0.1, 0.15) is 17.2 Å². The van der Waals surface area contributed by atoms with Gasteiger partial charge < -0.3 is 9.84 Å². The van der Waals surface area contributed by atoms with Crippen LogP contribution in [-0.4, -0.2) is 5.11 Å². The van der Waals surface area contributed by atoms with Gasteiger partial charge in [0.15, 0.2) is 0 Å². The normalized spacial score (nSPS) is 10.2. The first-order valence-corrected chi connectivity index (χ1v) is 6.44. The molecule has 2 heteroatoms. The second kappa shape index (κ2) is 5.49. The van der Waals surface area contributed by atoms with Crippen molar-refractivity contribution in [3.63, 3.8) is 0 Å². The Kier molecular flexibility index (Phi) is 3.38. The number of ether oxygens (including phenoxy) is 1. The minimum absolute atomic E-state index is 0.276. The fourth-order valence-electron chi connectivity index (χ4n) is 1.99. The van der Waals surface area contributed by atoms with Crippen LogP contribution in [0.4, 0.5) is 0 Å². The van der Waals surface area contributed by atoms with E-state index in [9.17, 15) is 5.11 Å². The summed E-state index contributed by atoms with van der Waals surface area (Å²) in [6.45, 7) is 0. The van der Waals surface area contributed by atoms with Crippen molar-refractivity contribution in [2.45, 2.75) is 0 Å². The van der Waals surface area contributed by atoms with E-state index in [1.165, 1.54) is 0 Å². The number of benzene rings is 3. The first-order chi connectivity index (χ1) is 9.81. The minimum Gasteiger partial charge on any atom is -0.508 e. The number of aromatic hydroxyl groups is 1. The molecule has 0 bridgehead atoms. The van der Waals surface area contributed by atoms with Crippen LogP contribution in [0.1, 0.15) is 0 Å². The van der Waals surface area contributed by atoms with Crippen molar-refractivity contribution < 1.29 is 9.84 Å². The van der Waals surface area contributed by atoms with E-state index in [1.807, 2.05) is 66.7 Å². The predicted molar refractivity (Wildman–Crippen MR) is 80.1 cm³/mol. The number of phenolic OH excluding ortho intramolecular Hbond substituents is 1. The summed E-state index contributed by atoms with van der Waals surface area (Å²) in [5.74, 6) is 1.90. The zero-order valence-electron chi connectivity index (χ0n) is 10.9. The molecule has 3 aromatic rings. The molecule has 98 valence electrons. The summed E-state index contributed by atoms with van der Waals surface area (Å²) in [6.07, 6.45) is 0. The molecule has 3 rings (SSSR count). The Morgan fingerprint density at radius 3 is 1.65 bits per heavy atom. The average Bonchev–Trinajstić information content (AvgIpc) is 2.50. The van der Waals surface area contributed by atoms with Crippen LogP contribution in [-0.2, 0) is 0 Å². The highest BCUT2D eigenvalue weighted by molar-refractivity contribution is 5.64. The quantitative estimate of drug-likeness (QED) is 0.731. The Labute approximate surface area is 117 Å². The monoisotopic (exact) mass is 262 g/mol. The van der Waals surface area contributed by atoms with Gasteiger partial charge >= 0.3 is 0 Å². The maximum absolute atomic E-state index is 9.29. The van der Waals surface area contributed by atoms with Gasteiger partial charge in [0.25, 0.3) is 0 Å². The fourth-order valence-corrected chi connectivity index (χ4v) is 1.99. The largest absolute Gasteiger partial charge is 0.508 e. The molecule has 0 saturated heterocycles. The minimum atomic E-state index is 0.276. The van der Waals surface area contributed by atoms with Gasteiger partial charge in [-0.05, 0) is 47.5 Å². The lowest BCUT2D eigenvalue weighted by Crippen LogP contribution is -1.84. The lowest BCUT2D eigenvalue weighted by molar-refractivity contribution is 0.475. The average molecular weight is 262 g/mol. The standard InChI is InChI=1S/C18H14O2/c19-16-10-6-14(7-11-16)15-8-12-18(13-9-15)20-17-4-2-1-3-5-17/h1-13,19H. The van der Waals surface area contributed by atoms with Gasteiger partial charge in [-0.1, -0.05) is 42.5 Å². The first-order valence-electron chi connectivity index (χ1n) is 6.44. The molecule has 0 amide bonds.